The summed E-state index contributed by atoms with van der Waals surface area (Å²) in [7, 11) is 2.16. The molecule has 7 nitrogen and oxygen atoms in total. The van der Waals surface area contributed by atoms with E-state index in [1.165, 1.54) is 0 Å². The highest BCUT2D eigenvalue weighted by Crippen LogP contribution is 2.37. The number of nitrogens with two attached hydrogens (primary N) is 1. The summed E-state index contributed by atoms with van der Waals surface area (Å²) in [6.07, 6.45) is 8.00. The lowest BCUT2D eigenvalue weighted by molar-refractivity contribution is -0.136. The minimum Gasteiger partial charge on any atom is -0.367 e. The molecule has 0 atom stereocenters. The van der Waals surface area contributed by atoms with E-state index < -0.39 is 0 Å². The molecule has 0 bridgehead atoms. The van der Waals surface area contributed by atoms with E-state index in [9.17, 15) is 9.59 Å². The third-order valence-electron chi connectivity index (χ3n) is 9.05. The molecular formula is C32H43N5O2. The van der Waals surface area contributed by atoms with Gasteiger partial charge in [0, 0.05) is 56.6 Å². The average molecular weight is 530 g/mol. The summed E-state index contributed by atoms with van der Waals surface area (Å²) in [5.74, 6) is 0.824. The van der Waals surface area contributed by atoms with Crippen molar-refractivity contribution >= 4 is 23.2 Å². The molecule has 2 aromatic rings. The highest BCUT2D eigenvalue weighted by atomic mass is 16.2. The first kappa shape index (κ1) is 26.3. The third kappa shape index (κ3) is 6.30. The molecule has 1 aliphatic heterocycles. The van der Waals surface area contributed by atoms with Crippen LogP contribution < -0.4 is 16.0 Å². The number of carbonyl (C=O) groups is 2. The van der Waals surface area contributed by atoms with Crippen molar-refractivity contribution < 1.29 is 9.59 Å². The smallest absolute Gasteiger partial charge is 0.227 e. The van der Waals surface area contributed by atoms with E-state index in [2.05, 4.69) is 69.5 Å². The van der Waals surface area contributed by atoms with Crippen molar-refractivity contribution in [2.24, 2.45) is 17.6 Å². The van der Waals surface area contributed by atoms with Crippen LogP contribution in [0.3, 0.4) is 0 Å². The van der Waals surface area contributed by atoms with Crippen LogP contribution in [0, 0.1) is 11.8 Å². The van der Waals surface area contributed by atoms with E-state index in [1.54, 1.807) is 0 Å². The Morgan fingerprint density at radius 3 is 2.26 bits per heavy atom. The SMILES string of the molecule is CN1CCN(c2ccc(-c3cccc(CN(C(=O)C4CC4)C4CCC(N)CC4)c3)cc2NC(=O)C2CC2)CC1. The van der Waals surface area contributed by atoms with E-state index in [-0.39, 0.29) is 29.8 Å². The predicted octanol–water partition coefficient (Wildman–Crippen LogP) is 4.46. The second-order valence-corrected chi connectivity index (χ2v) is 12.3. The van der Waals surface area contributed by atoms with Crippen LogP contribution in [-0.2, 0) is 16.1 Å². The quantitative estimate of drug-likeness (QED) is 0.528. The fourth-order valence-corrected chi connectivity index (χ4v) is 6.13. The first-order valence-corrected chi connectivity index (χ1v) is 15.0. The first-order valence-electron chi connectivity index (χ1n) is 15.0. The fourth-order valence-electron chi connectivity index (χ4n) is 6.13. The lowest BCUT2D eigenvalue weighted by Gasteiger charge is -2.36. The van der Waals surface area contributed by atoms with Crippen LogP contribution in [0.2, 0.25) is 0 Å². The highest BCUT2D eigenvalue weighted by molar-refractivity contribution is 5.98. The number of nitrogens with zero attached hydrogens (tertiary/aromatic N) is 3. The Kier molecular flexibility index (Phi) is 7.63. The molecule has 208 valence electrons. The van der Waals surface area contributed by atoms with Crippen LogP contribution in [0.1, 0.15) is 56.9 Å². The lowest BCUT2D eigenvalue weighted by atomic mass is 9.90. The Morgan fingerprint density at radius 2 is 1.56 bits per heavy atom. The van der Waals surface area contributed by atoms with Crippen LogP contribution >= 0.6 is 0 Å². The topological polar surface area (TPSA) is 81.9 Å². The normalized spacial score (nSPS) is 23.9. The van der Waals surface area contributed by atoms with Crippen LogP contribution in [-0.4, -0.2) is 66.9 Å². The predicted molar refractivity (Wildman–Crippen MR) is 156 cm³/mol. The number of benzene rings is 2. The molecule has 6 rings (SSSR count). The minimum absolute atomic E-state index is 0.137. The second kappa shape index (κ2) is 11.3. The Labute approximate surface area is 232 Å². The Morgan fingerprint density at radius 1 is 0.872 bits per heavy atom. The lowest BCUT2D eigenvalue weighted by Crippen LogP contribution is -2.44. The summed E-state index contributed by atoms with van der Waals surface area (Å²) in [5.41, 5.74) is 11.5. The summed E-state index contributed by atoms with van der Waals surface area (Å²) in [6.45, 7) is 4.59. The summed E-state index contributed by atoms with van der Waals surface area (Å²) in [4.78, 5) is 33.0. The third-order valence-corrected chi connectivity index (χ3v) is 9.05. The largest absolute Gasteiger partial charge is 0.367 e. The van der Waals surface area contributed by atoms with E-state index in [4.69, 9.17) is 5.73 Å². The molecule has 2 amide bonds. The van der Waals surface area contributed by atoms with Crippen molar-refractivity contribution in [1.29, 1.82) is 0 Å². The average Bonchev–Trinajstić information content (AvgIpc) is 3.86. The van der Waals surface area contributed by atoms with Gasteiger partial charge < -0.3 is 25.8 Å². The molecular weight excluding hydrogens is 486 g/mol. The number of carbonyl (C=O) groups excluding carboxylic acids is 2. The molecule has 7 heteroatoms. The Hall–Kier alpha value is -2.90. The molecule has 1 saturated heterocycles. The monoisotopic (exact) mass is 529 g/mol. The van der Waals surface area contributed by atoms with Gasteiger partial charge in [-0.05, 0) is 93.3 Å². The Bertz CT molecular complexity index is 1190. The van der Waals surface area contributed by atoms with Crippen LogP contribution in [0.5, 0.6) is 0 Å². The van der Waals surface area contributed by atoms with Gasteiger partial charge in [-0.1, -0.05) is 24.3 Å². The van der Waals surface area contributed by atoms with Crippen molar-refractivity contribution in [2.75, 3.05) is 43.4 Å². The summed E-state index contributed by atoms with van der Waals surface area (Å²) in [6, 6.07) is 15.6. The fraction of sp³-hybridized carbons (Fsp3) is 0.562. The maximum absolute atomic E-state index is 13.3. The maximum atomic E-state index is 13.3. The van der Waals surface area contributed by atoms with Gasteiger partial charge in [0.05, 0.1) is 11.4 Å². The minimum atomic E-state index is 0.137. The number of likely N-dealkylation sites (N-methyl/N-ethyl adjacent to an activating group) is 1. The van der Waals surface area contributed by atoms with Crippen LogP contribution in [0.25, 0.3) is 11.1 Å². The first-order chi connectivity index (χ1) is 18.9. The molecule has 0 radical (unpaired) electrons. The molecule has 39 heavy (non-hydrogen) atoms. The van der Waals surface area contributed by atoms with E-state index in [0.717, 1.165) is 106 Å². The molecule has 3 aliphatic carbocycles. The second-order valence-electron chi connectivity index (χ2n) is 12.3. The Balaban J connectivity index is 1.25. The number of anilines is 2. The molecule has 0 spiro atoms. The standard InChI is InChI=1S/C32H43N5O2/c1-35-15-17-36(18-16-35)30-14-9-26(20-29(30)34-31(38)23-5-6-23)25-4-2-3-22(19-25)21-37(32(39)24-7-8-24)28-12-10-27(33)11-13-28/h2-4,9,14,19-20,23-24,27-28H,5-8,10-13,15-18,21,33H2,1H3,(H,34,38). The van der Waals surface area contributed by atoms with Crippen molar-refractivity contribution in [3.63, 3.8) is 0 Å². The van der Waals surface area contributed by atoms with Gasteiger partial charge in [0.1, 0.15) is 0 Å². The van der Waals surface area contributed by atoms with Crippen LogP contribution in [0.4, 0.5) is 11.4 Å². The van der Waals surface area contributed by atoms with Gasteiger partial charge in [-0.2, -0.15) is 0 Å². The highest BCUT2D eigenvalue weighted by Gasteiger charge is 2.37. The van der Waals surface area contributed by atoms with E-state index >= 15 is 0 Å². The zero-order valence-electron chi connectivity index (χ0n) is 23.3. The molecule has 1 heterocycles. The van der Waals surface area contributed by atoms with Crippen LogP contribution in [0.15, 0.2) is 42.5 Å². The number of hydrogen-bond donors (Lipinski definition) is 2. The van der Waals surface area contributed by atoms with Gasteiger partial charge in [-0.15, -0.1) is 0 Å². The van der Waals surface area contributed by atoms with Gasteiger partial charge >= 0.3 is 0 Å². The molecule has 0 unspecified atom stereocenters. The zero-order valence-corrected chi connectivity index (χ0v) is 23.3. The van der Waals surface area contributed by atoms with Gasteiger partial charge in [0.25, 0.3) is 0 Å². The van der Waals surface area contributed by atoms with Crippen molar-refractivity contribution in [1.82, 2.24) is 9.80 Å². The molecule has 0 aromatic heterocycles. The van der Waals surface area contributed by atoms with Crippen molar-refractivity contribution in [3.05, 3.63) is 48.0 Å². The number of piperazine rings is 1. The number of hydrogen-bond acceptors (Lipinski definition) is 5. The van der Waals surface area contributed by atoms with E-state index in [1.807, 2.05) is 0 Å². The number of nitrogens with one attached hydrogen (secondary N) is 1. The van der Waals surface area contributed by atoms with Gasteiger partial charge in [-0.3, -0.25) is 9.59 Å². The summed E-state index contributed by atoms with van der Waals surface area (Å²) >= 11 is 0. The molecule has 3 N–H and O–H groups in total. The number of amides is 2. The van der Waals surface area contributed by atoms with Crippen molar-refractivity contribution in [2.45, 2.75) is 70.0 Å². The zero-order chi connectivity index (χ0) is 26.9. The van der Waals surface area contributed by atoms with Gasteiger partial charge in [0.2, 0.25) is 11.8 Å². The maximum Gasteiger partial charge on any atom is 0.227 e. The molecule has 3 saturated carbocycles. The van der Waals surface area contributed by atoms with Gasteiger partial charge in [-0.25, -0.2) is 0 Å². The summed E-state index contributed by atoms with van der Waals surface area (Å²) in [5, 5.41) is 3.26. The van der Waals surface area contributed by atoms with E-state index in [0.29, 0.717) is 12.5 Å². The molecule has 4 fully saturated rings. The van der Waals surface area contributed by atoms with Gasteiger partial charge in [0.15, 0.2) is 0 Å². The summed E-state index contributed by atoms with van der Waals surface area (Å²) < 4.78 is 0. The molecule has 4 aliphatic rings. The number of rotatable bonds is 8. The molecule has 2 aromatic carbocycles. The van der Waals surface area contributed by atoms with Crippen molar-refractivity contribution in [3.8, 4) is 11.1 Å².